The molecule has 0 bridgehead atoms. The van der Waals surface area contributed by atoms with Crippen molar-refractivity contribution in [3.05, 3.63) is 59.9 Å². The van der Waals surface area contributed by atoms with E-state index in [1.165, 1.54) is 25.3 Å². The third kappa shape index (κ3) is 4.79. The third-order valence-electron chi connectivity index (χ3n) is 5.41. The summed E-state index contributed by atoms with van der Waals surface area (Å²) in [5.74, 6) is -0.314. The van der Waals surface area contributed by atoms with Gasteiger partial charge in [0.2, 0.25) is 0 Å². The van der Waals surface area contributed by atoms with Gasteiger partial charge < -0.3 is 4.90 Å². The highest BCUT2D eigenvalue weighted by Gasteiger charge is 2.18. The van der Waals surface area contributed by atoms with E-state index in [1.54, 1.807) is 6.07 Å². The Morgan fingerprint density at radius 2 is 1.81 bits per heavy atom. The maximum atomic E-state index is 14.5. The Morgan fingerprint density at radius 1 is 1.08 bits per heavy atom. The molecule has 0 N–H and O–H groups in total. The topological polar surface area (TPSA) is 20.3 Å². The molecule has 0 saturated carbocycles. The summed E-state index contributed by atoms with van der Waals surface area (Å²) in [6, 6.07) is 14.7. The molecule has 1 fully saturated rings. The van der Waals surface area contributed by atoms with Crippen LogP contribution in [0.1, 0.15) is 50.5 Å². The van der Waals surface area contributed by atoms with Crippen LogP contribution in [-0.4, -0.2) is 30.3 Å². The van der Waals surface area contributed by atoms with Crippen LogP contribution in [-0.2, 0) is 4.79 Å². The lowest BCUT2D eigenvalue weighted by atomic mass is 9.92. The largest absolute Gasteiger partial charge is 0.303 e. The molecular formula is C23H28FNO. The summed E-state index contributed by atoms with van der Waals surface area (Å²) in [7, 11) is 0. The first kappa shape index (κ1) is 18.8. The van der Waals surface area contributed by atoms with Gasteiger partial charge in [0, 0.05) is 17.9 Å². The molecule has 138 valence electrons. The van der Waals surface area contributed by atoms with E-state index in [1.807, 2.05) is 43.3 Å². The van der Waals surface area contributed by atoms with E-state index < -0.39 is 0 Å². The van der Waals surface area contributed by atoms with Crippen molar-refractivity contribution in [3.63, 3.8) is 0 Å². The van der Waals surface area contributed by atoms with E-state index in [-0.39, 0.29) is 17.5 Å². The lowest BCUT2D eigenvalue weighted by Gasteiger charge is -2.26. The van der Waals surface area contributed by atoms with Crippen molar-refractivity contribution in [2.75, 3.05) is 19.6 Å². The van der Waals surface area contributed by atoms with E-state index in [0.29, 0.717) is 12.0 Å². The molecule has 0 aliphatic carbocycles. The Morgan fingerprint density at radius 3 is 2.50 bits per heavy atom. The average molecular weight is 353 g/mol. The number of halogens is 1. The van der Waals surface area contributed by atoms with Crippen molar-refractivity contribution in [2.45, 2.75) is 44.9 Å². The zero-order chi connectivity index (χ0) is 18.4. The number of hydrogen-bond acceptors (Lipinski definition) is 2. The predicted octanol–water partition coefficient (Wildman–Crippen LogP) is 5.43. The summed E-state index contributed by atoms with van der Waals surface area (Å²) in [6.07, 6.45) is 5.35. The fraction of sp³-hybridized carbons (Fsp3) is 0.435. The van der Waals surface area contributed by atoms with Crippen LogP contribution in [0.25, 0.3) is 11.1 Å². The van der Waals surface area contributed by atoms with Crippen molar-refractivity contribution >= 4 is 5.78 Å². The second kappa shape index (κ2) is 9.09. The number of likely N-dealkylation sites (tertiary alicyclic amines) is 1. The first-order valence-electron chi connectivity index (χ1n) is 9.75. The standard InChI is InChI=1S/C23H28FNO/c1-18(23(26)11-8-16-25-14-6-3-7-15-25)20-12-13-21(22(24)17-20)19-9-4-2-5-10-19/h2,4-5,9-10,12-13,17-18H,3,6-8,11,14-16H2,1H3/t18-/m1/s1. The Kier molecular flexibility index (Phi) is 6.56. The van der Waals surface area contributed by atoms with Crippen molar-refractivity contribution in [3.8, 4) is 11.1 Å². The minimum absolute atomic E-state index is 0.203. The molecule has 26 heavy (non-hydrogen) atoms. The molecule has 2 aromatic rings. The number of Topliss-reactive ketones (excluding diaryl/α,β-unsaturated/α-hetero) is 1. The first-order valence-corrected chi connectivity index (χ1v) is 9.75. The highest BCUT2D eigenvalue weighted by molar-refractivity contribution is 5.85. The molecular weight excluding hydrogens is 325 g/mol. The van der Waals surface area contributed by atoms with Crippen LogP contribution in [0.3, 0.4) is 0 Å². The van der Waals surface area contributed by atoms with E-state index in [9.17, 15) is 9.18 Å². The second-order valence-corrected chi connectivity index (χ2v) is 7.30. The molecule has 2 aromatic carbocycles. The minimum Gasteiger partial charge on any atom is -0.303 e. The molecule has 0 aromatic heterocycles. The number of piperidine rings is 1. The van der Waals surface area contributed by atoms with Gasteiger partial charge in [0.25, 0.3) is 0 Å². The smallest absolute Gasteiger partial charge is 0.140 e. The summed E-state index contributed by atoms with van der Waals surface area (Å²) >= 11 is 0. The molecule has 1 aliphatic rings. The van der Waals surface area contributed by atoms with Gasteiger partial charge in [-0.25, -0.2) is 4.39 Å². The number of benzene rings is 2. The maximum absolute atomic E-state index is 14.5. The zero-order valence-corrected chi connectivity index (χ0v) is 15.6. The molecule has 3 rings (SSSR count). The normalized spacial score (nSPS) is 16.4. The molecule has 1 atom stereocenters. The van der Waals surface area contributed by atoms with Crippen molar-refractivity contribution in [1.29, 1.82) is 0 Å². The fourth-order valence-corrected chi connectivity index (χ4v) is 3.71. The SMILES string of the molecule is C[C@@H](C(=O)CCCN1CCCCC1)c1ccc(-c2ccccc2)c(F)c1. The Hall–Kier alpha value is -2.00. The quantitative estimate of drug-likeness (QED) is 0.661. The van der Waals surface area contributed by atoms with Gasteiger partial charge in [-0.1, -0.05) is 55.8 Å². The van der Waals surface area contributed by atoms with Crippen LogP contribution in [0, 0.1) is 5.82 Å². The summed E-state index contributed by atoms with van der Waals surface area (Å²) in [5.41, 5.74) is 2.21. The lowest BCUT2D eigenvalue weighted by molar-refractivity contribution is -0.120. The van der Waals surface area contributed by atoms with Gasteiger partial charge in [0.15, 0.2) is 0 Å². The van der Waals surface area contributed by atoms with Crippen LogP contribution in [0.2, 0.25) is 0 Å². The zero-order valence-electron chi connectivity index (χ0n) is 15.6. The Balaban J connectivity index is 1.57. The lowest BCUT2D eigenvalue weighted by Crippen LogP contribution is -2.30. The number of carbonyl (C=O) groups is 1. The van der Waals surface area contributed by atoms with E-state index in [0.717, 1.165) is 37.2 Å². The van der Waals surface area contributed by atoms with Gasteiger partial charge in [0.05, 0.1) is 0 Å². The fourth-order valence-electron chi connectivity index (χ4n) is 3.71. The number of rotatable bonds is 7. The number of hydrogen-bond donors (Lipinski definition) is 0. The highest BCUT2D eigenvalue weighted by atomic mass is 19.1. The second-order valence-electron chi connectivity index (χ2n) is 7.30. The van der Waals surface area contributed by atoms with Crippen LogP contribution in [0.15, 0.2) is 48.5 Å². The molecule has 0 radical (unpaired) electrons. The summed E-state index contributed by atoms with van der Waals surface area (Å²) in [4.78, 5) is 15.0. The molecule has 0 amide bonds. The predicted molar refractivity (Wildman–Crippen MR) is 105 cm³/mol. The summed E-state index contributed by atoms with van der Waals surface area (Å²) < 4.78 is 14.5. The van der Waals surface area contributed by atoms with Gasteiger partial charge in [0.1, 0.15) is 11.6 Å². The van der Waals surface area contributed by atoms with Crippen LogP contribution in [0.5, 0.6) is 0 Å². The van der Waals surface area contributed by atoms with Gasteiger partial charge in [-0.2, -0.15) is 0 Å². The molecule has 1 heterocycles. The number of nitrogens with zero attached hydrogens (tertiary/aromatic N) is 1. The molecule has 1 aliphatic heterocycles. The maximum Gasteiger partial charge on any atom is 0.140 e. The highest BCUT2D eigenvalue weighted by Crippen LogP contribution is 2.27. The summed E-state index contributed by atoms with van der Waals surface area (Å²) in [6.45, 7) is 5.21. The van der Waals surface area contributed by atoms with E-state index in [4.69, 9.17) is 0 Å². The van der Waals surface area contributed by atoms with E-state index >= 15 is 0 Å². The van der Waals surface area contributed by atoms with Gasteiger partial charge in [-0.15, -0.1) is 0 Å². The van der Waals surface area contributed by atoms with Gasteiger partial charge in [-0.05, 0) is 56.1 Å². The first-order chi connectivity index (χ1) is 12.6. The molecule has 0 unspecified atom stereocenters. The molecule has 3 heteroatoms. The molecule has 0 spiro atoms. The van der Waals surface area contributed by atoms with Crippen LogP contribution in [0.4, 0.5) is 4.39 Å². The van der Waals surface area contributed by atoms with Crippen molar-refractivity contribution < 1.29 is 9.18 Å². The number of carbonyl (C=O) groups excluding carboxylic acids is 1. The molecule has 2 nitrogen and oxygen atoms in total. The molecule has 1 saturated heterocycles. The monoisotopic (exact) mass is 353 g/mol. The van der Waals surface area contributed by atoms with Gasteiger partial charge >= 0.3 is 0 Å². The Bertz CT molecular complexity index is 722. The number of ketones is 1. The van der Waals surface area contributed by atoms with Gasteiger partial charge in [-0.3, -0.25) is 4.79 Å². The van der Waals surface area contributed by atoms with Crippen molar-refractivity contribution in [2.24, 2.45) is 0 Å². The van der Waals surface area contributed by atoms with Crippen LogP contribution < -0.4 is 0 Å². The minimum atomic E-state index is -0.262. The summed E-state index contributed by atoms with van der Waals surface area (Å²) in [5, 5.41) is 0. The third-order valence-corrected chi connectivity index (χ3v) is 5.41. The Labute approximate surface area is 156 Å². The van der Waals surface area contributed by atoms with Crippen LogP contribution >= 0.6 is 0 Å². The van der Waals surface area contributed by atoms with Crippen molar-refractivity contribution in [1.82, 2.24) is 4.90 Å². The van der Waals surface area contributed by atoms with E-state index in [2.05, 4.69) is 4.90 Å². The average Bonchev–Trinajstić information content (AvgIpc) is 2.68.